The van der Waals surface area contributed by atoms with E-state index in [0.717, 1.165) is 16.7 Å². The molecule has 1 fully saturated rings. The molecule has 1 aliphatic rings. The van der Waals surface area contributed by atoms with E-state index in [1.165, 1.54) is 16.8 Å². The fourth-order valence-corrected chi connectivity index (χ4v) is 8.56. The van der Waals surface area contributed by atoms with Crippen molar-refractivity contribution in [3.05, 3.63) is 154 Å². The molecule has 4 aromatic rings. The Balaban J connectivity index is 1.67. The second-order valence-electron chi connectivity index (χ2n) is 13.4. The molecule has 0 bridgehead atoms. The lowest BCUT2D eigenvalue weighted by molar-refractivity contribution is -0.0966. The summed E-state index contributed by atoms with van der Waals surface area (Å²) in [5.74, 6) is 1.38. The van der Waals surface area contributed by atoms with Gasteiger partial charge in [0.05, 0.1) is 34.0 Å². The first kappa shape index (κ1) is 41.8. The molecule has 1 N–H and O–H groups in total. The molecular formula is C42H52N3O9P. The molecule has 1 aliphatic heterocycles. The number of aromatic nitrogens is 2. The van der Waals surface area contributed by atoms with Crippen molar-refractivity contribution in [2.45, 2.75) is 69.9 Å². The Morgan fingerprint density at radius 1 is 0.818 bits per heavy atom. The van der Waals surface area contributed by atoms with Crippen LogP contribution in [-0.4, -0.2) is 78.7 Å². The number of rotatable bonds is 20. The number of hydrogen-bond acceptors (Lipinski definition) is 10. The number of methoxy groups -OCH3 is 2. The largest absolute Gasteiger partial charge is 0.497 e. The molecule has 5 rings (SSSR count). The maximum absolute atomic E-state index is 13.3. The summed E-state index contributed by atoms with van der Waals surface area (Å²) in [5, 5.41) is 0. The fourth-order valence-electron chi connectivity index (χ4n) is 6.80. The van der Waals surface area contributed by atoms with Crippen LogP contribution in [0.2, 0.25) is 0 Å². The number of aromatic amines is 1. The Bertz CT molecular complexity index is 1880. The van der Waals surface area contributed by atoms with Crippen LogP contribution in [0.1, 0.15) is 50.6 Å². The first-order valence-electron chi connectivity index (χ1n) is 18.2. The maximum Gasteiger partial charge on any atom is 0.330 e. The van der Waals surface area contributed by atoms with Crippen LogP contribution >= 0.6 is 8.53 Å². The van der Waals surface area contributed by atoms with E-state index in [2.05, 4.69) is 50.5 Å². The summed E-state index contributed by atoms with van der Waals surface area (Å²) >= 11 is 0. The van der Waals surface area contributed by atoms with Crippen LogP contribution in [-0.2, 0) is 28.9 Å². The van der Waals surface area contributed by atoms with Gasteiger partial charge in [-0.3, -0.25) is 14.3 Å². The number of benzene rings is 3. The van der Waals surface area contributed by atoms with Gasteiger partial charge in [0.2, 0.25) is 0 Å². The predicted molar refractivity (Wildman–Crippen MR) is 213 cm³/mol. The van der Waals surface area contributed by atoms with Crippen molar-refractivity contribution in [1.29, 1.82) is 0 Å². The summed E-state index contributed by atoms with van der Waals surface area (Å²) in [4.78, 5) is 27.8. The normalized spacial score (nSPS) is 19.1. The molecule has 3 aromatic carbocycles. The number of hydrogen-bond donors (Lipinski definition) is 1. The highest BCUT2D eigenvalue weighted by molar-refractivity contribution is 7.44. The molecule has 55 heavy (non-hydrogen) atoms. The molecule has 294 valence electrons. The van der Waals surface area contributed by atoms with Crippen molar-refractivity contribution >= 4 is 8.53 Å². The Morgan fingerprint density at radius 3 is 1.89 bits per heavy atom. The molecule has 5 atom stereocenters. The Labute approximate surface area is 324 Å². The van der Waals surface area contributed by atoms with E-state index in [1.807, 2.05) is 78.9 Å². The van der Waals surface area contributed by atoms with Crippen molar-refractivity contribution < 1.29 is 32.7 Å². The quantitative estimate of drug-likeness (QED) is 0.0573. The van der Waals surface area contributed by atoms with Gasteiger partial charge in [-0.1, -0.05) is 66.7 Å². The Morgan fingerprint density at radius 2 is 1.38 bits per heavy atom. The molecule has 2 heterocycles. The molecule has 0 amide bonds. The number of H-pyrrole nitrogens is 1. The summed E-state index contributed by atoms with van der Waals surface area (Å²) in [6.07, 6.45) is 1.16. The van der Waals surface area contributed by atoms with Gasteiger partial charge in [0.1, 0.15) is 35.4 Å². The van der Waals surface area contributed by atoms with Gasteiger partial charge in [0.15, 0.2) is 6.23 Å². The standard InChI is InChI=1S/C42H52N3O9P/c1-9-26-50-39-38(54-55(52-27-10-2)45(29(3)4)30(5)6)36(53-40(39)44-25-24-37(46)43-41(44)47)28-51-42(31-14-12-11-13-15-31,32-16-20-34(48-7)21-17-32)33-18-22-35(49-8)23-19-33/h9-25,29-30,36,38-40H,1-2,26-28H2,3-8H3,(H,43,46,47)/t36-,38-,39-,40-,55?/m1/s1. The van der Waals surface area contributed by atoms with Crippen LogP contribution in [0.25, 0.3) is 0 Å². The molecule has 12 nitrogen and oxygen atoms in total. The Kier molecular flexibility index (Phi) is 14.8. The lowest BCUT2D eigenvalue weighted by Crippen LogP contribution is -2.43. The van der Waals surface area contributed by atoms with Gasteiger partial charge in [0.25, 0.3) is 14.1 Å². The fraction of sp³-hybridized carbons (Fsp3) is 0.381. The minimum Gasteiger partial charge on any atom is -0.497 e. The smallest absolute Gasteiger partial charge is 0.330 e. The topological polar surface area (TPSA) is 123 Å². The van der Waals surface area contributed by atoms with Crippen LogP contribution in [0, 0.1) is 0 Å². The molecule has 13 heteroatoms. The van der Waals surface area contributed by atoms with Crippen LogP contribution in [0.4, 0.5) is 0 Å². The highest BCUT2D eigenvalue weighted by atomic mass is 31.2. The maximum atomic E-state index is 13.3. The van der Waals surface area contributed by atoms with E-state index in [9.17, 15) is 9.59 Å². The third-order valence-corrected chi connectivity index (χ3v) is 11.3. The lowest BCUT2D eigenvalue weighted by atomic mass is 9.80. The van der Waals surface area contributed by atoms with E-state index in [1.54, 1.807) is 26.4 Å². The molecule has 1 aromatic heterocycles. The molecule has 0 spiro atoms. The third-order valence-electron chi connectivity index (χ3n) is 9.22. The van der Waals surface area contributed by atoms with Crippen LogP contribution in [0.15, 0.2) is 126 Å². The van der Waals surface area contributed by atoms with Crippen molar-refractivity contribution in [2.24, 2.45) is 0 Å². The molecule has 0 saturated carbocycles. The van der Waals surface area contributed by atoms with Crippen molar-refractivity contribution in [2.75, 3.05) is 34.0 Å². The first-order valence-corrected chi connectivity index (χ1v) is 19.4. The number of nitrogens with one attached hydrogen (secondary N) is 1. The lowest BCUT2D eigenvalue weighted by Gasteiger charge is -2.39. The monoisotopic (exact) mass is 773 g/mol. The van der Waals surface area contributed by atoms with E-state index in [4.69, 9.17) is 32.7 Å². The average Bonchev–Trinajstić information content (AvgIpc) is 3.52. The summed E-state index contributed by atoms with van der Waals surface area (Å²) in [7, 11) is 1.53. The van der Waals surface area contributed by atoms with Crippen molar-refractivity contribution in [1.82, 2.24) is 14.2 Å². The number of ether oxygens (including phenoxy) is 5. The summed E-state index contributed by atoms with van der Waals surface area (Å²) in [6.45, 7) is 16.4. The van der Waals surface area contributed by atoms with E-state index in [0.29, 0.717) is 11.5 Å². The molecule has 0 aliphatic carbocycles. The molecule has 1 saturated heterocycles. The zero-order valence-electron chi connectivity index (χ0n) is 32.3. The van der Waals surface area contributed by atoms with E-state index < -0.39 is 49.9 Å². The van der Waals surface area contributed by atoms with Crippen molar-refractivity contribution in [3.8, 4) is 11.5 Å². The second kappa shape index (κ2) is 19.5. The van der Waals surface area contributed by atoms with Gasteiger partial charge in [0, 0.05) is 24.3 Å². The SMILES string of the molecule is C=CCO[C@@H]1[C@H](OP(OCC=C)N(C(C)C)C(C)C)[C@@H](COC(c2ccccc2)(c2ccc(OC)cc2)c2ccc(OC)cc2)O[C@H]1n1ccc(=O)[nH]c1=O. The zero-order chi connectivity index (χ0) is 39.5. The Hall–Kier alpha value is -4.39. The highest BCUT2D eigenvalue weighted by Gasteiger charge is 2.51. The molecule has 1 unspecified atom stereocenters. The average molecular weight is 774 g/mol. The van der Waals surface area contributed by atoms with Gasteiger partial charge in [-0.25, -0.2) is 9.46 Å². The molecular weight excluding hydrogens is 721 g/mol. The minimum absolute atomic E-state index is 0.0336. The van der Waals surface area contributed by atoms with Crippen LogP contribution in [0.5, 0.6) is 11.5 Å². The van der Waals surface area contributed by atoms with Crippen LogP contribution < -0.4 is 20.7 Å². The summed E-state index contributed by atoms with van der Waals surface area (Å²) in [5.41, 5.74) is 0.148. The zero-order valence-corrected chi connectivity index (χ0v) is 33.2. The van der Waals surface area contributed by atoms with Crippen LogP contribution in [0.3, 0.4) is 0 Å². The first-order chi connectivity index (χ1) is 26.6. The van der Waals surface area contributed by atoms with E-state index in [-0.39, 0.29) is 31.9 Å². The van der Waals surface area contributed by atoms with Gasteiger partial charge in [-0.2, -0.15) is 0 Å². The summed E-state index contributed by atoms with van der Waals surface area (Å²) < 4.78 is 48.3. The van der Waals surface area contributed by atoms with Gasteiger partial charge < -0.3 is 32.7 Å². The third kappa shape index (κ3) is 9.53. The second-order valence-corrected chi connectivity index (χ2v) is 14.9. The summed E-state index contributed by atoms with van der Waals surface area (Å²) in [6, 6.07) is 26.8. The van der Waals surface area contributed by atoms with Gasteiger partial charge in [-0.05, 0) is 68.7 Å². The predicted octanol–water partition coefficient (Wildman–Crippen LogP) is 6.96. The molecule has 0 radical (unpaired) electrons. The highest BCUT2D eigenvalue weighted by Crippen LogP contribution is 2.51. The minimum atomic E-state index is -1.72. The number of nitrogens with zero attached hydrogens (tertiary/aromatic N) is 2. The van der Waals surface area contributed by atoms with Gasteiger partial charge >= 0.3 is 5.69 Å². The van der Waals surface area contributed by atoms with Crippen molar-refractivity contribution in [3.63, 3.8) is 0 Å². The van der Waals surface area contributed by atoms with E-state index >= 15 is 0 Å². The van der Waals surface area contributed by atoms with Gasteiger partial charge in [-0.15, -0.1) is 13.2 Å².